The average Bonchev–Trinajstić information content (AvgIpc) is 3.05. The van der Waals surface area contributed by atoms with Gasteiger partial charge in [0.05, 0.1) is 6.04 Å². The number of pyridine rings is 1. The predicted molar refractivity (Wildman–Crippen MR) is 102 cm³/mol. The van der Waals surface area contributed by atoms with Crippen molar-refractivity contribution in [1.29, 1.82) is 0 Å². The van der Waals surface area contributed by atoms with E-state index in [1.54, 1.807) is 0 Å². The number of nitrogens with one attached hydrogen (secondary N) is 1. The molecule has 0 aliphatic carbocycles. The lowest BCUT2D eigenvalue weighted by Gasteiger charge is -2.29. The Bertz CT molecular complexity index is 960. The highest BCUT2D eigenvalue weighted by atomic mass is 35.5. The molecule has 3 aromatic rings. The molecule has 0 amide bonds. The number of aromatic nitrogens is 2. The molecular weight excluding hydrogens is 330 g/mol. The van der Waals surface area contributed by atoms with Gasteiger partial charge in [-0.15, -0.1) is 0 Å². The number of nitrogens with zero attached hydrogens (tertiary/aromatic N) is 2. The summed E-state index contributed by atoms with van der Waals surface area (Å²) >= 11 is 5.94. The molecule has 1 aliphatic heterocycles. The highest BCUT2D eigenvalue weighted by molar-refractivity contribution is 6.30. The van der Waals surface area contributed by atoms with Crippen molar-refractivity contribution in [2.75, 3.05) is 6.54 Å². The van der Waals surface area contributed by atoms with Crippen LogP contribution >= 0.6 is 11.6 Å². The fourth-order valence-corrected chi connectivity index (χ4v) is 3.22. The molecule has 0 fully saturated rings. The molecule has 25 heavy (non-hydrogen) atoms. The van der Waals surface area contributed by atoms with Crippen LogP contribution in [0.25, 0.3) is 11.0 Å². The monoisotopic (exact) mass is 347 g/mol. The number of aromatic amines is 1. The molecule has 3 heterocycles. The Balaban J connectivity index is 1.55. The smallest absolute Gasteiger partial charge is 0.137 e. The van der Waals surface area contributed by atoms with E-state index in [0.29, 0.717) is 0 Å². The van der Waals surface area contributed by atoms with E-state index in [1.165, 1.54) is 10.9 Å². The van der Waals surface area contributed by atoms with Crippen molar-refractivity contribution >= 4 is 22.6 Å². The van der Waals surface area contributed by atoms with Gasteiger partial charge in [-0.2, -0.15) is 0 Å². The normalized spacial score (nSPS) is 17.4. The number of hydrogen-bond donors (Lipinski definition) is 1. The van der Waals surface area contributed by atoms with Crippen LogP contribution in [0.3, 0.4) is 0 Å². The quantitative estimate of drug-likeness (QED) is 0.550. The number of benzene rings is 1. The number of H-pyrrole nitrogens is 1. The Morgan fingerprint density at radius 1 is 1.20 bits per heavy atom. The highest BCUT2D eigenvalue weighted by Gasteiger charge is 2.19. The zero-order valence-electron chi connectivity index (χ0n) is 13.7. The average molecular weight is 348 g/mol. The first kappa shape index (κ1) is 16.0. The van der Waals surface area contributed by atoms with Crippen molar-refractivity contribution in [3.05, 3.63) is 77.1 Å². The number of halogens is 1. The Kier molecular flexibility index (Phi) is 4.56. The second-order valence-corrected chi connectivity index (χ2v) is 6.58. The summed E-state index contributed by atoms with van der Waals surface area (Å²) in [5.41, 5.74) is 3.20. The fraction of sp³-hybridized carbons (Fsp3) is 0.190. The van der Waals surface area contributed by atoms with Gasteiger partial charge in [0.1, 0.15) is 5.65 Å². The lowest BCUT2D eigenvalue weighted by molar-refractivity contribution is 0.244. The first-order valence-electron chi connectivity index (χ1n) is 8.37. The van der Waals surface area contributed by atoms with E-state index in [0.717, 1.165) is 35.7 Å². The third kappa shape index (κ3) is 3.61. The molecular formula is C21H18ClN3. The lowest BCUT2D eigenvalue weighted by atomic mass is 10.1. The van der Waals surface area contributed by atoms with Crippen molar-refractivity contribution in [2.24, 2.45) is 0 Å². The van der Waals surface area contributed by atoms with Crippen LogP contribution < -0.4 is 0 Å². The van der Waals surface area contributed by atoms with Crippen molar-refractivity contribution in [3.63, 3.8) is 0 Å². The largest absolute Gasteiger partial charge is 0.346 e. The van der Waals surface area contributed by atoms with E-state index in [-0.39, 0.29) is 6.04 Å². The van der Waals surface area contributed by atoms with Crippen molar-refractivity contribution < 1.29 is 0 Å². The van der Waals surface area contributed by atoms with Crippen LogP contribution in [0.1, 0.15) is 17.5 Å². The Labute approximate surface area is 152 Å². The lowest BCUT2D eigenvalue weighted by Crippen LogP contribution is -2.35. The summed E-state index contributed by atoms with van der Waals surface area (Å²) in [7, 11) is 0. The van der Waals surface area contributed by atoms with Gasteiger partial charge in [-0.3, -0.25) is 4.90 Å². The van der Waals surface area contributed by atoms with Crippen LogP contribution in [0.2, 0.25) is 5.02 Å². The first-order valence-corrected chi connectivity index (χ1v) is 8.74. The molecule has 0 saturated carbocycles. The Morgan fingerprint density at radius 3 is 2.96 bits per heavy atom. The van der Waals surface area contributed by atoms with Gasteiger partial charge in [-0.25, -0.2) is 4.98 Å². The molecule has 3 nitrogen and oxygen atoms in total. The first-order chi connectivity index (χ1) is 12.3. The van der Waals surface area contributed by atoms with Crippen LogP contribution in [0.4, 0.5) is 0 Å². The van der Waals surface area contributed by atoms with E-state index in [4.69, 9.17) is 11.6 Å². The SMILES string of the molecule is Clc1ccc(C#CC2CC=CCN2Cc2c[nH]c3ncccc23)cc1. The molecule has 0 bridgehead atoms. The van der Waals surface area contributed by atoms with Crippen LogP contribution in [-0.4, -0.2) is 27.5 Å². The van der Waals surface area contributed by atoms with Crippen LogP contribution in [-0.2, 0) is 6.54 Å². The minimum absolute atomic E-state index is 0.210. The van der Waals surface area contributed by atoms with Gasteiger partial charge in [0.15, 0.2) is 0 Å². The summed E-state index contributed by atoms with van der Waals surface area (Å²) in [5.74, 6) is 6.71. The summed E-state index contributed by atoms with van der Waals surface area (Å²) in [6, 6.07) is 12.0. The maximum atomic E-state index is 5.94. The topological polar surface area (TPSA) is 31.9 Å². The third-order valence-corrected chi connectivity index (χ3v) is 4.70. The van der Waals surface area contributed by atoms with E-state index in [2.05, 4.69) is 51.1 Å². The van der Waals surface area contributed by atoms with Crippen LogP contribution in [0.15, 0.2) is 60.9 Å². The molecule has 4 heteroatoms. The number of fused-ring (bicyclic) bond motifs is 1. The minimum Gasteiger partial charge on any atom is -0.346 e. The van der Waals surface area contributed by atoms with Crippen molar-refractivity contribution in [1.82, 2.24) is 14.9 Å². The van der Waals surface area contributed by atoms with E-state index < -0.39 is 0 Å². The van der Waals surface area contributed by atoms with E-state index >= 15 is 0 Å². The van der Waals surface area contributed by atoms with Gasteiger partial charge in [-0.05, 0) is 48.4 Å². The molecule has 4 rings (SSSR count). The zero-order chi connectivity index (χ0) is 17.1. The number of hydrogen-bond acceptors (Lipinski definition) is 2. The highest BCUT2D eigenvalue weighted by Crippen LogP contribution is 2.21. The Morgan fingerprint density at radius 2 is 2.08 bits per heavy atom. The van der Waals surface area contributed by atoms with Crippen LogP contribution in [0.5, 0.6) is 0 Å². The minimum atomic E-state index is 0.210. The molecule has 124 valence electrons. The van der Waals surface area contributed by atoms with E-state index in [1.807, 2.05) is 36.5 Å². The molecule has 0 spiro atoms. The molecule has 0 radical (unpaired) electrons. The van der Waals surface area contributed by atoms with Gasteiger partial charge >= 0.3 is 0 Å². The zero-order valence-corrected chi connectivity index (χ0v) is 14.5. The van der Waals surface area contributed by atoms with Crippen molar-refractivity contribution in [2.45, 2.75) is 19.0 Å². The standard InChI is InChI=1S/C21H18ClN3/c22-18-9-6-16(7-10-18)8-11-19-4-1-2-13-25(19)15-17-14-24-21-20(17)5-3-12-23-21/h1-3,5-7,9-10,12,14,19H,4,13,15H2,(H,23,24). The molecule has 1 N–H and O–H groups in total. The van der Waals surface area contributed by atoms with Crippen molar-refractivity contribution in [3.8, 4) is 11.8 Å². The summed E-state index contributed by atoms with van der Waals surface area (Å²) < 4.78 is 0. The Hall–Kier alpha value is -2.54. The van der Waals surface area contributed by atoms with Gasteiger partial charge in [0.25, 0.3) is 0 Å². The molecule has 1 aromatic carbocycles. The fourth-order valence-electron chi connectivity index (χ4n) is 3.10. The molecule has 0 saturated heterocycles. The third-order valence-electron chi connectivity index (χ3n) is 4.44. The van der Waals surface area contributed by atoms with Crippen LogP contribution in [0, 0.1) is 11.8 Å². The summed E-state index contributed by atoms with van der Waals surface area (Å²) in [6.45, 7) is 1.77. The molecule has 1 aliphatic rings. The van der Waals surface area contributed by atoms with Gasteiger partial charge in [0.2, 0.25) is 0 Å². The van der Waals surface area contributed by atoms with Gasteiger partial charge < -0.3 is 4.98 Å². The van der Waals surface area contributed by atoms with Gasteiger partial charge in [-0.1, -0.05) is 35.6 Å². The predicted octanol–water partition coefficient (Wildman–Crippen LogP) is 4.40. The second kappa shape index (κ2) is 7.14. The molecule has 2 aromatic heterocycles. The summed E-state index contributed by atoms with van der Waals surface area (Å²) in [4.78, 5) is 10.0. The number of rotatable bonds is 2. The van der Waals surface area contributed by atoms with Gasteiger partial charge in [0, 0.05) is 41.5 Å². The molecule has 1 atom stereocenters. The second-order valence-electron chi connectivity index (χ2n) is 6.14. The molecule has 1 unspecified atom stereocenters. The summed E-state index contributed by atoms with van der Waals surface area (Å²) in [6.07, 6.45) is 9.25. The maximum Gasteiger partial charge on any atom is 0.137 e. The van der Waals surface area contributed by atoms with E-state index in [9.17, 15) is 0 Å². The maximum absolute atomic E-state index is 5.94. The summed E-state index contributed by atoms with van der Waals surface area (Å²) in [5, 5.41) is 1.92.